The van der Waals surface area contributed by atoms with Crippen molar-refractivity contribution in [2.45, 2.75) is 45.1 Å². The number of aromatic amines is 1. The minimum Gasteiger partial charge on any atom is -0.449 e. The molecule has 1 aromatic heterocycles. The average molecular weight is 306 g/mol. The van der Waals surface area contributed by atoms with Crippen molar-refractivity contribution >= 4 is 11.9 Å². The molecule has 0 spiro atoms. The predicted molar refractivity (Wildman–Crippen MR) is 81.5 cm³/mol. The fraction of sp³-hybridized carbons (Fsp3) is 0.562. The molecule has 1 amide bonds. The molecular weight excluding hydrogens is 284 g/mol. The number of carbonyl (C=O) groups is 2. The van der Waals surface area contributed by atoms with Crippen LogP contribution in [0, 0.1) is 5.92 Å². The van der Waals surface area contributed by atoms with Crippen LogP contribution in [0.2, 0.25) is 0 Å². The summed E-state index contributed by atoms with van der Waals surface area (Å²) in [7, 11) is 0. The van der Waals surface area contributed by atoms with Gasteiger partial charge in [0.15, 0.2) is 6.10 Å². The summed E-state index contributed by atoms with van der Waals surface area (Å²) in [5, 5.41) is 2.82. The Morgan fingerprint density at radius 1 is 1.36 bits per heavy atom. The topological polar surface area (TPSA) is 88.3 Å². The number of hydrogen-bond acceptors (Lipinski definition) is 4. The van der Waals surface area contributed by atoms with Crippen molar-refractivity contribution in [3.05, 3.63) is 34.2 Å². The van der Waals surface area contributed by atoms with Crippen LogP contribution >= 0.6 is 0 Å². The standard InChI is InChI=1S/C16H22N2O4/c1-11(14(19)18-10-12-6-3-2-4-7-12)22-16(21)13-8-5-9-17-15(13)20/h5,8-9,11-12H,2-4,6-7,10H2,1H3,(H,17,20)(H,18,19)/t11-/m1/s1. The van der Waals surface area contributed by atoms with E-state index in [0.717, 1.165) is 12.8 Å². The van der Waals surface area contributed by atoms with Crippen molar-refractivity contribution in [3.63, 3.8) is 0 Å². The monoisotopic (exact) mass is 306 g/mol. The highest BCUT2D eigenvalue weighted by atomic mass is 16.5. The Hall–Kier alpha value is -2.11. The lowest BCUT2D eigenvalue weighted by molar-refractivity contribution is -0.129. The van der Waals surface area contributed by atoms with E-state index < -0.39 is 17.6 Å². The molecule has 6 heteroatoms. The van der Waals surface area contributed by atoms with E-state index in [2.05, 4.69) is 10.3 Å². The maximum Gasteiger partial charge on any atom is 0.344 e. The summed E-state index contributed by atoms with van der Waals surface area (Å²) >= 11 is 0. The zero-order chi connectivity index (χ0) is 15.9. The first-order valence-electron chi connectivity index (χ1n) is 7.74. The van der Waals surface area contributed by atoms with Gasteiger partial charge in [-0.05, 0) is 37.8 Å². The van der Waals surface area contributed by atoms with E-state index in [0.29, 0.717) is 12.5 Å². The Balaban J connectivity index is 1.82. The third-order valence-corrected chi connectivity index (χ3v) is 3.98. The Kier molecular flexibility index (Phi) is 5.75. The van der Waals surface area contributed by atoms with Crippen molar-refractivity contribution in [1.82, 2.24) is 10.3 Å². The van der Waals surface area contributed by atoms with Gasteiger partial charge in [0.2, 0.25) is 0 Å². The molecule has 1 saturated carbocycles. The molecular formula is C16H22N2O4. The summed E-state index contributed by atoms with van der Waals surface area (Å²) in [4.78, 5) is 37.7. The van der Waals surface area contributed by atoms with E-state index in [9.17, 15) is 14.4 Å². The number of ether oxygens (including phenoxy) is 1. The summed E-state index contributed by atoms with van der Waals surface area (Å²) in [6.07, 6.45) is 6.46. The second-order valence-electron chi connectivity index (χ2n) is 5.71. The van der Waals surface area contributed by atoms with Crippen LogP contribution in [0.1, 0.15) is 49.4 Å². The van der Waals surface area contributed by atoms with Crippen LogP contribution in [0.4, 0.5) is 0 Å². The zero-order valence-corrected chi connectivity index (χ0v) is 12.8. The Morgan fingerprint density at radius 2 is 2.09 bits per heavy atom. The number of aromatic nitrogens is 1. The van der Waals surface area contributed by atoms with Gasteiger partial charge in [-0.3, -0.25) is 9.59 Å². The van der Waals surface area contributed by atoms with Gasteiger partial charge in [0.1, 0.15) is 5.56 Å². The molecule has 1 aliphatic rings. The van der Waals surface area contributed by atoms with E-state index in [1.54, 1.807) is 0 Å². The second-order valence-corrected chi connectivity index (χ2v) is 5.71. The summed E-state index contributed by atoms with van der Waals surface area (Å²) in [6.45, 7) is 2.12. The molecule has 22 heavy (non-hydrogen) atoms. The van der Waals surface area contributed by atoms with Crippen LogP contribution in [0.5, 0.6) is 0 Å². The minimum atomic E-state index is -0.921. The molecule has 0 unspecified atom stereocenters. The van der Waals surface area contributed by atoms with Gasteiger partial charge >= 0.3 is 5.97 Å². The maximum absolute atomic E-state index is 12.0. The number of hydrogen-bond donors (Lipinski definition) is 2. The normalized spacial score (nSPS) is 16.8. The molecule has 2 rings (SSSR count). The van der Waals surface area contributed by atoms with Crippen LogP contribution in [0.25, 0.3) is 0 Å². The van der Waals surface area contributed by atoms with Gasteiger partial charge in [0.25, 0.3) is 11.5 Å². The Labute approximate surface area is 129 Å². The van der Waals surface area contributed by atoms with Gasteiger partial charge in [-0.15, -0.1) is 0 Å². The quantitative estimate of drug-likeness (QED) is 0.809. The molecule has 0 aromatic carbocycles. The lowest BCUT2D eigenvalue weighted by Crippen LogP contribution is -2.39. The van der Waals surface area contributed by atoms with E-state index in [-0.39, 0.29) is 11.5 Å². The summed E-state index contributed by atoms with van der Waals surface area (Å²) in [5.74, 6) is -0.606. The summed E-state index contributed by atoms with van der Waals surface area (Å²) in [5.41, 5.74) is -0.628. The lowest BCUT2D eigenvalue weighted by Gasteiger charge is -2.22. The number of nitrogens with one attached hydrogen (secondary N) is 2. The van der Waals surface area contributed by atoms with E-state index >= 15 is 0 Å². The number of amides is 1. The average Bonchev–Trinajstić information content (AvgIpc) is 2.53. The first kappa shape index (κ1) is 16.3. The molecule has 0 aliphatic heterocycles. The molecule has 1 aromatic rings. The smallest absolute Gasteiger partial charge is 0.344 e. The molecule has 0 bridgehead atoms. The summed E-state index contributed by atoms with van der Waals surface area (Å²) in [6, 6.07) is 2.90. The van der Waals surface area contributed by atoms with Crippen LogP contribution in [-0.2, 0) is 9.53 Å². The fourth-order valence-electron chi connectivity index (χ4n) is 2.64. The first-order chi connectivity index (χ1) is 10.6. The molecule has 0 radical (unpaired) electrons. The molecule has 2 N–H and O–H groups in total. The van der Waals surface area contributed by atoms with Crippen molar-refractivity contribution in [2.24, 2.45) is 5.92 Å². The van der Waals surface area contributed by atoms with E-state index in [1.807, 2.05) is 0 Å². The van der Waals surface area contributed by atoms with Crippen LogP contribution < -0.4 is 10.9 Å². The summed E-state index contributed by atoms with van der Waals surface area (Å²) < 4.78 is 5.05. The number of rotatable bonds is 5. The number of esters is 1. The molecule has 0 saturated heterocycles. The van der Waals surface area contributed by atoms with Crippen molar-refractivity contribution in [2.75, 3.05) is 6.54 Å². The van der Waals surface area contributed by atoms with Crippen LogP contribution in [0.3, 0.4) is 0 Å². The molecule has 120 valence electrons. The van der Waals surface area contributed by atoms with E-state index in [1.165, 1.54) is 44.5 Å². The molecule has 1 fully saturated rings. The first-order valence-corrected chi connectivity index (χ1v) is 7.74. The zero-order valence-electron chi connectivity index (χ0n) is 12.8. The number of pyridine rings is 1. The molecule has 1 heterocycles. The fourth-order valence-corrected chi connectivity index (χ4v) is 2.64. The minimum absolute atomic E-state index is 0.102. The molecule has 6 nitrogen and oxygen atoms in total. The maximum atomic E-state index is 12.0. The van der Waals surface area contributed by atoms with Crippen LogP contribution in [0.15, 0.2) is 23.1 Å². The van der Waals surface area contributed by atoms with Gasteiger partial charge in [0, 0.05) is 12.7 Å². The molecule has 1 aliphatic carbocycles. The largest absolute Gasteiger partial charge is 0.449 e. The van der Waals surface area contributed by atoms with Gasteiger partial charge in [-0.2, -0.15) is 0 Å². The molecule has 1 atom stereocenters. The Bertz CT molecular complexity index is 576. The third-order valence-electron chi connectivity index (χ3n) is 3.98. The van der Waals surface area contributed by atoms with E-state index in [4.69, 9.17) is 4.74 Å². The van der Waals surface area contributed by atoms with Gasteiger partial charge in [0.05, 0.1) is 0 Å². The third kappa shape index (κ3) is 4.44. The van der Waals surface area contributed by atoms with Crippen molar-refractivity contribution in [3.8, 4) is 0 Å². The second kappa shape index (κ2) is 7.77. The highest BCUT2D eigenvalue weighted by Gasteiger charge is 2.21. The van der Waals surface area contributed by atoms with Crippen LogP contribution in [-0.4, -0.2) is 29.5 Å². The lowest BCUT2D eigenvalue weighted by atomic mass is 9.89. The number of H-pyrrole nitrogens is 1. The Morgan fingerprint density at radius 3 is 2.77 bits per heavy atom. The van der Waals surface area contributed by atoms with Gasteiger partial charge < -0.3 is 15.0 Å². The van der Waals surface area contributed by atoms with Gasteiger partial charge in [-0.25, -0.2) is 4.79 Å². The van der Waals surface area contributed by atoms with Gasteiger partial charge in [-0.1, -0.05) is 19.3 Å². The highest BCUT2D eigenvalue weighted by Crippen LogP contribution is 2.22. The number of carbonyl (C=O) groups excluding carboxylic acids is 2. The SMILES string of the molecule is C[C@@H](OC(=O)c1ccc[nH]c1=O)C(=O)NCC1CCCCC1. The van der Waals surface area contributed by atoms with Crippen molar-refractivity contribution in [1.29, 1.82) is 0 Å². The van der Waals surface area contributed by atoms with Crippen molar-refractivity contribution < 1.29 is 14.3 Å². The highest BCUT2D eigenvalue weighted by molar-refractivity contribution is 5.91. The predicted octanol–water partition coefficient (Wildman–Crippen LogP) is 1.62.